The van der Waals surface area contributed by atoms with E-state index in [9.17, 15) is 0 Å². The van der Waals surface area contributed by atoms with Crippen LogP contribution in [0.25, 0.3) is 0 Å². The Hall–Kier alpha value is -2.32. The molecule has 8 nitrogen and oxygen atoms in total. The fraction of sp³-hybridized carbons (Fsp3) is 0.385. The first-order chi connectivity index (χ1) is 10.1. The molecule has 0 amide bonds. The Morgan fingerprint density at radius 3 is 2.43 bits per heavy atom. The molecular formula is C13H19N7O. The molecule has 1 fully saturated rings. The van der Waals surface area contributed by atoms with Crippen molar-refractivity contribution in [1.82, 2.24) is 5.32 Å². The first-order valence-electron chi connectivity index (χ1n) is 6.77. The number of aliphatic imine (C=N–C) groups is 2. The highest BCUT2D eigenvalue weighted by molar-refractivity contribution is 5.95. The molecule has 0 bridgehead atoms. The van der Waals surface area contributed by atoms with Crippen molar-refractivity contribution in [3.05, 3.63) is 29.8 Å². The van der Waals surface area contributed by atoms with Crippen LogP contribution >= 0.6 is 0 Å². The fourth-order valence-corrected chi connectivity index (χ4v) is 2.46. The van der Waals surface area contributed by atoms with E-state index in [1.54, 1.807) is 0 Å². The highest BCUT2D eigenvalue weighted by Crippen LogP contribution is 2.23. The van der Waals surface area contributed by atoms with E-state index in [-0.39, 0.29) is 11.9 Å². The van der Waals surface area contributed by atoms with E-state index in [1.165, 1.54) is 0 Å². The summed E-state index contributed by atoms with van der Waals surface area (Å²) in [5, 5.41) is 2.84. The van der Waals surface area contributed by atoms with Crippen LogP contribution in [0.1, 0.15) is 5.56 Å². The van der Waals surface area contributed by atoms with Crippen LogP contribution in [-0.2, 0) is 10.5 Å². The van der Waals surface area contributed by atoms with Crippen LogP contribution < -0.4 is 27.4 Å². The van der Waals surface area contributed by atoms with E-state index >= 15 is 0 Å². The summed E-state index contributed by atoms with van der Waals surface area (Å²) in [7, 11) is 0. The maximum absolute atomic E-state index is 6.22. The number of rotatable bonds is 2. The standard InChI is InChI=1S/C13H19N7O/c14-11-17-12(15)19-13(16,18-11)9-1-3-10(4-2-9)20-5-7-21-8-6-20/h1-4H,5-8,16H2,(H5,14,15,17,18,19). The van der Waals surface area contributed by atoms with E-state index in [0.717, 1.165) is 37.6 Å². The Kier molecular flexibility index (Phi) is 3.40. The lowest BCUT2D eigenvalue weighted by molar-refractivity contribution is 0.122. The first kappa shape index (κ1) is 13.7. The van der Waals surface area contributed by atoms with Crippen molar-refractivity contribution in [2.24, 2.45) is 27.2 Å². The van der Waals surface area contributed by atoms with E-state index in [0.29, 0.717) is 0 Å². The molecule has 8 heteroatoms. The molecule has 7 N–H and O–H groups in total. The number of benzene rings is 1. The molecule has 0 aromatic heterocycles. The summed E-state index contributed by atoms with van der Waals surface area (Å²) in [5.41, 5.74) is 19.4. The maximum Gasteiger partial charge on any atom is 0.222 e. The van der Waals surface area contributed by atoms with Gasteiger partial charge in [0.05, 0.1) is 13.2 Å². The molecule has 1 aromatic rings. The summed E-state index contributed by atoms with van der Waals surface area (Å²) in [6, 6.07) is 7.83. The molecule has 0 spiro atoms. The van der Waals surface area contributed by atoms with Crippen LogP contribution in [0.4, 0.5) is 5.69 Å². The van der Waals surface area contributed by atoms with Crippen LogP contribution in [0.2, 0.25) is 0 Å². The molecule has 0 aliphatic carbocycles. The molecule has 2 heterocycles. The topological polar surface area (TPSA) is 127 Å². The van der Waals surface area contributed by atoms with Crippen molar-refractivity contribution in [1.29, 1.82) is 0 Å². The molecular weight excluding hydrogens is 270 g/mol. The Balaban J connectivity index is 1.82. The third kappa shape index (κ3) is 2.76. The van der Waals surface area contributed by atoms with Gasteiger partial charge in [-0.3, -0.25) is 5.73 Å². The normalized spacial score (nSPS) is 25.9. The largest absolute Gasteiger partial charge is 0.378 e. The lowest BCUT2D eigenvalue weighted by Crippen LogP contribution is -2.57. The van der Waals surface area contributed by atoms with E-state index in [2.05, 4.69) is 20.2 Å². The van der Waals surface area contributed by atoms with Crippen molar-refractivity contribution in [3.8, 4) is 0 Å². The van der Waals surface area contributed by atoms with Crippen molar-refractivity contribution in [3.63, 3.8) is 0 Å². The van der Waals surface area contributed by atoms with Gasteiger partial charge in [-0.25, -0.2) is 4.99 Å². The van der Waals surface area contributed by atoms with Gasteiger partial charge in [0.2, 0.25) is 11.7 Å². The predicted octanol–water partition coefficient (Wildman–Crippen LogP) is -1.18. The van der Waals surface area contributed by atoms with Crippen LogP contribution in [0, 0.1) is 0 Å². The third-order valence-corrected chi connectivity index (χ3v) is 3.53. The van der Waals surface area contributed by atoms with Crippen LogP contribution in [0.3, 0.4) is 0 Å². The van der Waals surface area contributed by atoms with Crippen LogP contribution in [-0.4, -0.2) is 38.2 Å². The number of morpholine rings is 1. The van der Waals surface area contributed by atoms with Gasteiger partial charge >= 0.3 is 0 Å². The zero-order valence-corrected chi connectivity index (χ0v) is 11.6. The lowest BCUT2D eigenvalue weighted by atomic mass is 10.1. The monoisotopic (exact) mass is 289 g/mol. The Morgan fingerprint density at radius 2 is 1.81 bits per heavy atom. The van der Waals surface area contributed by atoms with E-state index < -0.39 is 5.79 Å². The minimum absolute atomic E-state index is 0.0611. The average Bonchev–Trinajstić information content (AvgIpc) is 2.47. The summed E-state index contributed by atoms with van der Waals surface area (Å²) >= 11 is 0. The Labute approximate surface area is 122 Å². The lowest BCUT2D eigenvalue weighted by Gasteiger charge is -2.31. The minimum atomic E-state index is -1.18. The zero-order chi connectivity index (χ0) is 14.9. The molecule has 2 aliphatic rings. The quantitative estimate of drug-likeness (QED) is 0.543. The van der Waals surface area contributed by atoms with Gasteiger partial charge < -0.3 is 26.4 Å². The molecule has 0 radical (unpaired) electrons. The fourth-order valence-electron chi connectivity index (χ4n) is 2.46. The highest BCUT2D eigenvalue weighted by atomic mass is 16.5. The van der Waals surface area contributed by atoms with Gasteiger partial charge in [0.15, 0.2) is 5.96 Å². The molecule has 112 valence electrons. The molecule has 2 aliphatic heterocycles. The molecule has 0 saturated carbocycles. The van der Waals surface area contributed by atoms with Crippen molar-refractivity contribution in [2.75, 3.05) is 31.2 Å². The summed E-state index contributed by atoms with van der Waals surface area (Å²) in [6.45, 7) is 3.27. The van der Waals surface area contributed by atoms with Crippen LogP contribution in [0.15, 0.2) is 34.3 Å². The SMILES string of the molecule is NC1=NC(N)(c2ccc(N3CCOCC3)cc2)NC(N)=N1. The number of guanidine groups is 2. The maximum atomic E-state index is 6.22. The number of hydrogen-bond acceptors (Lipinski definition) is 8. The smallest absolute Gasteiger partial charge is 0.222 e. The van der Waals surface area contributed by atoms with E-state index in [4.69, 9.17) is 21.9 Å². The Bertz CT molecular complexity index is 577. The zero-order valence-electron chi connectivity index (χ0n) is 11.6. The number of ether oxygens (including phenoxy) is 1. The average molecular weight is 289 g/mol. The van der Waals surface area contributed by atoms with E-state index in [1.807, 2.05) is 24.3 Å². The van der Waals surface area contributed by atoms with Crippen LogP contribution in [0.5, 0.6) is 0 Å². The van der Waals surface area contributed by atoms with Gasteiger partial charge in [-0.2, -0.15) is 4.99 Å². The van der Waals surface area contributed by atoms with Gasteiger partial charge in [0.25, 0.3) is 0 Å². The van der Waals surface area contributed by atoms with Crippen molar-refractivity contribution in [2.45, 2.75) is 5.79 Å². The summed E-state index contributed by atoms with van der Waals surface area (Å²) in [6.07, 6.45) is 0. The van der Waals surface area contributed by atoms with Gasteiger partial charge in [-0.05, 0) is 12.1 Å². The summed E-state index contributed by atoms with van der Waals surface area (Å²) in [4.78, 5) is 10.2. The van der Waals surface area contributed by atoms with Gasteiger partial charge in [-0.15, -0.1) is 0 Å². The van der Waals surface area contributed by atoms with Gasteiger partial charge in [0.1, 0.15) is 0 Å². The number of nitrogens with zero attached hydrogens (tertiary/aromatic N) is 3. The predicted molar refractivity (Wildman–Crippen MR) is 81.7 cm³/mol. The second-order valence-corrected chi connectivity index (χ2v) is 5.00. The summed E-state index contributed by atoms with van der Waals surface area (Å²) in [5.74, 6) is -0.965. The molecule has 1 atom stereocenters. The summed E-state index contributed by atoms with van der Waals surface area (Å²) < 4.78 is 5.35. The molecule has 1 saturated heterocycles. The molecule has 1 unspecified atom stereocenters. The molecule has 3 rings (SSSR count). The highest BCUT2D eigenvalue weighted by Gasteiger charge is 2.30. The number of anilines is 1. The van der Waals surface area contributed by atoms with Gasteiger partial charge in [-0.1, -0.05) is 12.1 Å². The second kappa shape index (κ2) is 5.23. The number of nitrogens with two attached hydrogens (primary N) is 3. The third-order valence-electron chi connectivity index (χ3n) is 3.53. The Morgan fingerprint density at radius 1 is 1.14 bits per heavy atom. The van der Waals surface area contributed by atoms with Gasteiger partial charge in [0, 0.05) is 24.3 Å². The molecule has 1 aromatic carbocycles. The second-order valence-electron chi connectivity index (χ2n) is 5.00. The molecule has 21 heavy (non-hydrogen) atoms. The van der Waals surface area contributed by atoms with Crippen molar-refractivity contribution < 1.29 is 4.74 Å². The number of nitrogens with one attached hydrogen (secondary N) is 1. The minimum Gasteiger partial charge on any atom is -0.378 e. The van der Waals surface area contributed by atoms with Crippen molar-refractivity contribution >= 4 is 17.6 Å². The number of hydrogen-bond donors (Lipinski definition) is 4. The first-order valence-corrected chi connectivity index (χ1v) is 6.77.